The maximum Gasteiger partial charge on any atom is 0.0208 e. The predicted molar refractivity (Wildman–Crippen MR) is 63.9 cm³/mol. The molecule has 2 N–H and O–H groups in total. The van der Waals surface area contributed by atoms with Gasteiger partial charge in [0.15, 0.2) is 0 Å². The quantitative estimate of drug-likeness (QED) is 0.785. The van der Waals surface area contributed by atoms with Crippen molar-refractivity contribution < 1.29 is 0 Å². The molecular weight excluding hydrogens is 184 g/mol. The van der Waals surface area contributed by atoms with Crippen LogP contribution in [-0.2, 0) is 6.54 Å². The molecule has 1 fully saturated rings. The van der Waals surface area contributed by atoms with E-state index in [-0.39, 0.29) is 0 Å². The van der Waals surface area contributed by atoms with Crippen molar-refractivity contribution in [3.8, 4) is 0 Å². The summed E-state index contributed by atoms with van der Waals surface area (Å²) in [4.78, 5) is 0. The molecule has 0 unspecified atom stereocenters. The molecule has 1 aliphatic rings. The van der Waals surface area contributed by atoms with E-state index >= 15 is 0 Å². The maximum absolute atomic E-state index is 3.62. The fraction of sp³-hybridized carbons (Fsp3) is 0.538. The van der Waals surface area contributed by atoms with E-state index in [1.165, 1.54) is 24.0 Å². The van der Waals surface area contributed by atoms with Gasteiger partial charge in [-0.25, -0.2) is 0 Å². The SMILES string of the molecule is Cc1ccc(CNC2CCNCC2)cc1. The number of hydrogen-bond donors (Lipinski definition) is 2. The van der Waals surface area contributed by atoms with Crippen LogP contribution in [-0.4, -0.2) is 19.1 Å². The number of hydrogen-bond acceptors (Lipinski definition) is 2. The van der Waals surface area contributed by atoms with Crippen LogP contribution < -0.4 is 10.6 Å². The van der Waals surface area contributed by atoms with Gasteiger partial charge in [-0.3, -0.25) is 0 Å². The molecule has 1 aliphatic heterocycles. The van der Waals surface area contributed by atoms with Gasteiger partial charge in [-0.15, -0.1) is 0 Å². The highest BCUT2D eigenvalue weighted by molar-refractivity contribution is 5.21. The minimum absolute atomic E-state index is 0.701. The predicted octanol–water partition coefficient (Wildman–Crippen LogP) is 1.84. The van der Waals surface area contributed by atoms with Gasteiger partial charge in [0.25, 0.3) is 0 Å². The molecule has 1 saturated heterocycles. The smallest absolute Gasteiger partial charge is 0.0208 e. The third kappa shape index (κ3) is 3.33. The van der Waals surface area contributed by atoms with Crippen LogP contribution in [0.15, 0.2) is 24.3 Å². The Morgan fingerprint density at radius 1 is 1.20 bits per heavy atom. The minimum Gasteiger partial charge on any atom is -0.317 e. The van der Waals surface area contributed by atoms with Gasteiger partial charge >= 0.3 is 0 Å². The van der Waals surface area contributed by atoms with Gasteiger partial charge in [0, 0.05) is 12.6 Å². The first-order chi connectivity index (χ1) is 7.34. The summed E-state index contributed by atoms with van der Waals surface area (Å²) in [6, 6.07) is 9.48. The standard InChI is InChI=1S/C13H20N2/c1-11-2-4-12(5-3-11)10-15-13-6-8-14-9-7-13/h2-5,13-15H,6-10H2,1H3. The molecule has 0 spiro atoms. The molecule has 0 amide bonds. The van der Waals surface area contributed by atoms with Crippen LogP contribution >= 0.6 is 0 Å². The van der Waals surface area contributed by atoms with Gasteiger partial charge in [0.05, 0.1) is 0 Å². The molecule has 1 heterocycles. The van der Waals surface area contributed by atoms with Crippen LogP contribution in [0.25, 0.3) is 0 Å². The molecule has 0 saturated carbocycles. The lowest BCUT2D eigenvalue weighted by atomic mass is 10.1. The topological polar surface area (TPSA) is 24.1 Å². The molecule has 1 aromatic rings. The highest BCUT2D eigenvalue weighted by atomic mass is 15.0. The van der Waals surface area contributed by atoms with Crippen molar-refractivity contribution >= 4 is 0 Å². The molecule has 1 aromatic carbocycles. The molecule has 0 bridgehead atoms. The van der Waals surface area contributed by atoms with Gasteiger partial charge in [0.2, 0.25) is 0 Å². The highest BCUT2D eigenvalue weighted by Gasteiger charge is 2.11. The average molecular weight is 204 g/mol. The second kappa shape index (κ2) is 5.29. The van der Waals surface area contributed by atoms with E-state index in [4.69, 9.17) is 0 Å². The van der Waals surface area contributed by atoms with E-state index in [0.29, 0.717) is 6.04 Å². The van der Waals surface area contributed by atoms with Crippen molar-refractivity contribution in [2.75, 3.05) is 13.1 Å². The van der Waals surface area contributed by atoms with Crippen molar-refractivity contribution in [3.05, 3.63) is 35.4 Å². The molecule has 0 atom stereocenters. The third-order valence-electron chi connectivity index (χ3n) is 3.05. The van der Waals surface area contributed by atoms with E-state index in [1.54, 1.807) is 0 Å². The van der Waals surface area contributed by atoms with Gasteiger partial charge in [-0.05, 0) is 38.4 Å². The first kappa shape index (κ1) is 10.7. The first-order valence-corrected chi connectivity index (χ1v) is 5.84. The summed E-state index contributed by atoms with van der Waals surface area (Å²) in [5, 5.41) is 7.00. The second-order valence-corrected chi connectivity index (χ2v) is 4.39. The summed E-state index contributed by atoms with van der Waals surface area (Å²) in [6.07, 6.45) is 2.51. The molecule has 15 heavy (non-hydrogen) atoms. The Hall–Kier alpha value is -0.860. The zero-order chi connectivity index (χ0) is 10.5. The first-order valence-electron chi connectivity index (χ1n) is 5.84. The molecule has 0 aliphatic carbocycles. The Morgan fingerprint density at radius 2 is 1.87 bits per heavy atom. The van der Waals surface area contributed by atoms with Crippen molar-refractivity contribution in [2.24, 2.45) is 0 Å². The Morgan fingerprint density at radius 3 is 2.53 bits per heavy atom. The minimum atomic E-state index is 0.701. The fourth-order valence-corrected chi connectivity index (χ4v) is 1.99. The zero-order valence-corrected chi connectivity index (χ0v) is 9.42. The summed E-state index contributed by atoms with van der Waals surface area (Å²) >= 11 is 0. The van der Waals surface area contributed by atoms with Crippen LogP contribution in [0.1, 0.15) is 24.0 Å². The largest absolute Gasteiger partial charge is 0.317 e. The van der Waals surface area contributed by atoms with Gasteiger partial charge in [-0.2, -0.15) is 0 Å². The molecule has 2 nitrogen and oxygen atoms in total. The molecule has 0 aromatic heterocycles. The molecule has 0 radical (unpaired) electrons. The van der Waals surface area contributed by atoms with Crippen LogP contribution in [0, 0.1) is 6.92 Å². The molecular formula is C13H20N2. The van der Waals surface area contributed by atoms with E-state index in [9.17, 15) is 0 Å². The van der Waals surface area contributed by atoms with Crippen LogP contribution in [0.3, 0.4) is 0 Å². The fourth-order valence-electron chi connectivity index (χ4n) is 1.99. The number of rotatable bonds is 3. The molecule has 82 valence electrons. The zero-order valence-electron chi connectivity index (χ0n) is 9.42. The second-order valence-electron chi connectivity index (χ2n) is 4.39. The van der Waals surface area contributed by atoms with Gasteiger partial charge < -0.3 is 10.6 Å². The van der Waals surface area contributed by atoms with Crippen molar-refractivity contribution in [3.63, 3.8) is 0 Å². The number of benzene rings is 1. The van der Waals surface area contributed by atoms with Crippen molar-refractivity contribution in [2.45, 2.75) is 32.4 Å². The lowest BCUT2D eigenvalue weighted by Crippen LogP contribution is -2.39. The highest BCUT2D eigenvalue weighted by Crippen LogP contribution is 2.06. The Kier molecular flexibility index (Phi) is 3.75. The van der Waals surface area contributed by atoms with Crippen LogP contribution in [0.5, 0.6) is 0 Å². The lowest BCUT2D eigenvalue weighted by Gasteiger charge is -2.23. The molecule has 2 rings (SSSR count). The summed E-state index contributed by atoms with van der Waals surface area (Å²) in [6.45, 7) is 5.45. The Labute approximate surface area is 92.1 Å². The van der Waals surface area contributed by atoms with Crippen molar-refractivity contribution in [1.82, 2.24) is 10.6 Å². The van der Waals surface area contributed by atoms with E-state index in [0.717, 1.165) is 19.6 Å². The molecule has 2 heteroatoms. The number of nitrogens with one attached hydrogen (secondary N) is 2. The normalized spacial score (nSPS) is 17.9. The summed E-state index contributed by atoms with van der Waals surface area (Å²) < 4.78 is 0. The van der Waals surface area contributed by atoms with E-state index in [1.807, 2.05) is 0 Å². The third-order valence-corrected chi connectivity index (χ3v) is 3.05. The van der Waals surface area contributed by atoms with Crippen LogP contribution in [0.4, 0.5) is 0 Å². The van der Waals surface area contributed by atoms with Gasteiger partial charge in [0.1, 0.15) is 0 Å². The monoisotopic (exact) mass is 204 g/mol. The van der Waals surface area contributed by atoms with E-state index in [2.05, 4.69) is 41.8 Å². The Bertz CT molecular complexity index is 286. The van der Waals surface area contributed by atoms with Crippen molar-refractivity contribution in [1.29, 1.82) is 0 Å². The summed E-state index contributed by atoms with van der Waals surface area (Å²) in [5.41, 5.74) is 2.72. The average Bonchev–Trinajstić information content (AvgIpc) is 2.30. The Balaban J connectivity index is 1.79. The van der Waals surface area contributed by atoms with Crippen LogP contribution in [0.2, 0.25) is 0 Å². The lowest BCUT2D eigenvalue weighted by molar-refractivity contribution is 0.386. The van der Waals surface area contributed by atoms with E-state index < -0.39 is 0 Å². The van der Waals surface area contributed by atoms with Gasteiger partial charge in [-0.1, -0.05) is 29.8 Å². The number of aryl methyl sites for hydroxylation is 1. The summed E-state index contributed by atoms with van der Waals surface area (Å²) in [7, 11) is 0. The number of piperidine rings is 1. The summed E-state index contributed by atoms with van der Waals surface area (Å²) in [5.74, 6) is 0. The maximum atomic E-state index is 3.62.